The van der Waals surface area contributed by atoms with Crippen molar-refractivity contribution in [2.75, 3.05) is 13.1 Å². The molecule has 1 aliphatic heterocycles. The third kappa shape index (κ3) is 2.79. The van der Waals surface area contributed by atoms with Gasteiger partial charge in [-0.3, -0.25) is 0 Å². The van der Waals surface area contributed by atoms with Crippen LogP contribution in [-0.2, 0) is 4.74 Å². The highest BCUT2D eigenvalue weighted by atomic mass is 16.5. The fourth-order valence-corrected chi connectivity index (χ4v) is 2.40. The second-order valence-corrected chi connectivity index (χ2v) is 4.75. The van der Waals surface area contributed by atoms with Crippen molar-refractivity contribution in [2.45, 2.75) is 38.5 Å². The van der Waals surface area contributed by atoms with Crippen LogP contribution in [0.4, 0.5) is 0 Å². The Kier molecular flexibility index (Phi) is 3.88. The second-order valence-electron chi connectivity index (χ2n) is 4.75. The summed E-state index contributed by atoms with van der Waals surface area (Å²) in [6.45, 7) is 6.21. The number of nitrogens with one attached hydrogen (secondary N) is 1. The molecule has 1 fully saturated rings. The summed E-state index contributed by atoms with van der Waals surface area (Å²) >= 11 is 0. The quantitative estimate of drug-likeness (QED) is 0.720. The topological polar surface area (TPSA) is 47.3 Å². The minimum Gasteiger partial charge on any atom is -0.465 e. The van der Waals surface area contributed by atoms with E-state index >= 15 is 0 Å². The summed E-state index contributed by atoms with van der Waals surface area (Å²) in [5.41, 5.74) is 6.89. The molecule has 0 radical (unpaired) electrons. The van der Waals surface area contributed by atoms with Gasteiger partial charge in [0.2, 0.25) is 0 Å². The lowest BCUT2D eigenvalue weighted by molar-refractivity contribution is 0.212. The molecule has 3 heteroatoms. The molecule has 0 spiro atoms. The van der Waals surface area contributed by atoms with Crippen LogP contribution in [0.1, 0.15) is 38.5 Å². The van der Waals surface area contributed by atoms with Crippen molar-refractivity contribution < 1.29 is 4.74 Å². The number of piperidine rings is 1. The van der Waals surface area contributed by atoms with Crippen molar-refractivity contribution in [3.8, 4) is 0 Å². The SMILES string of the molecule is C=C(OC1=C(N)CCCC1)C1CCNCC1. The maximum Gasteiger partial charge on any atom is 0.122 e. The van der Waals surface area contributed by atoms with Crippen LogP contribution < -0.4 is 11.1 Å². The minimum absolute atomic E-state index is 0.503. The van der Waals surface area contributed by atoms with Gasteiger partial charge in [-0.1, -0.05) is 6.58 Å². The molecule has 3 nitrogen and oxygen atoms in total. The van der Waals surface area contributed by atoms with Gasteiger partial charge in [-0.15, -0.1) is 0 Å². The van der Waals surface area contributed by atoms with E-state index in [2.05, 4.69) is 11.9 Å². The van der Waals surface area contributed by atoms with E-state index in [1.54, 1.807) is 0 Å². The fourth-order valence-electron chi connectivity index (χ4n) is 2.40. The largest absolute Gasteiger partial charge is 0.465 e. The Morgan fingerprint density at radius 2 is 1.94 bits per heavy atom. The predicted octanol–water partition coefficient (Wildman–Crippen LogP) is 2.26. The molecule has 0 bridgehead atoms. The summed E-state index contributed by atoms with van der Waals surface area (Å²) in [5.74, 6) is 2.40. The zero-order chi connectivity index (χ0) is 11.4. The summed E-state index contributed by atoms with van der Waals surface area (Å²) in [5, 5.41) is 3.35. The Bertz CT molecular complexity index is 290. The van der Waals surface area contributed by atoms with Gasteiger partial charge in [0, 0.05) is 18.0 Å². The Labute approximate surface area is 97.7 Å². The molecule has 1 heterocycles. The molecule has 3 N–H and O–H groups in total. The van der Waals surface area contributed by atoms with Crippen molar-refractivity contribution in [1.82, 2.24) is 5.32 Å². The standard InChI is InChI=1S/C13H22N2O/c1-10(11-6-8-15-9-7-11)16-13-5-3-2-4-12(13)14/h11,15H,1-9,14H2. The molecule has 16 heavy (non-hydrogen) atoms. The molecule has 90 valence electrons. The van der Waals surface area contributed by atoms with Crippen LogP contribution in [0, 0.1) is 5.92 Å². The van der Waals surface area contributed by atoms with E-state index in [1.165, 1.54) is 12.8 Å². The molecule has 0 saturated carbocycles. The highest BCUT2D eigenvalue weighted by molar-refractivity contribution is 5.11. The van der Waals surface area contributed by atoms with Crippen LogP contribution in [0.2, 0.25) is 0 Å². The lowest BCUT2D eigenvalue weighted by Crippen LogP contribution is -2.29. The van der Waals surface area contributed by atoms with Crippen LogP contribution >= 0.6 is 0 Å². The average Bonchev–Trinajstić information content (AvgIpc) is 2.33. The molecule has 0 aromatic carbocycles. The zero-order valence-electron chi connectivity index (χ0n) is 9.93. The van der Waals surface area contributed by atoms with Gasteiger partial charge in [0.25, 0.3) is 0 Å². The third-order valence-electron chi connectivity index (χ3n) is 3.51. The van der Waals surface area contributed by atoms with Gasteiger partial charge in [-0.05, 0) is 45.2 Å². The first-order valence-electron chi connectivity index (χ1n) is 6.32. The molecular formula is C13H22N2O. The minimum atomic E-state index is 0.503. The van der Waals surface area contributed by atoms with Crippen molar-refractivity contribution in [3.63, 3.8) is 0 Å². The zero-order valence-corrected chi connectivity index (χ0v) is 9.93. The molecule has 1 saturated heterocycles. The summed E-state index contributed by atoms with van der Waals surface area (Å²) < 4.78 is 5.88. The number of hydrogen-bond donors (Lipinski definition) is 2. The van der Waals surface area contributed by atoms with E-state index in [9.17, 15) is 0 Å². The van der Waals surface area contributed by atoms with Crippen LogP contribution in [0.25, 0.3) is 0 Å². The van der Waals surface area contributed by atoms with Gasteiger partial charge in [0.1, 0.15) is 5.76 Å². The van der Waals surface area contributed by atoms with E-state index in [0.717, 1.165) is 56.0 Å². The number of nitrogens with two attached hydrogens (primary N) is 1. The first-order chi connectivity index (χ1) is 7.77. The number of rotatable bonds is 3. The van der Waals surface area contributed by atoms with Gasteiger partial charge < -0.3 is 15.8 Å². The molecule has 0 aromatic rings. The molecule has 1 aliphatic carbocycles. The van der Waals surface area contributed by atoms with Crippen molar-refractivity contribution in [2.24, 2.45) is 11.7 Å². The molecule has 0 amide bonds. The van der Waals surface area contributed by atoms with Crippen molar-refractivity contribution >= 4 is 0 Å². The Balaban J connectivity index is 1.90. The third-order valence-corrected chi connectivity index (χ3v) is 3.51. The lowest BCUT2D eigenvalue weighted by atomic mass is 9.96. The van der Waals surface area contributed by atoms with Gasteiger partial charge in [-0.25, -0.2) is 0 Å². The summed E-state index contributed by atoms with van der Waals surface area (Å²) in [6.07, 6.45) is 6.61. The van der Waals surface area contributed by atoms with E-state index in [1.807, 2.05) is 0 Å². The van der Waals surface area contributed by atoms with Crippen molar-refractivity contribution in [3.05, 3.63) is 23.8 Å². The van der Waals surface area contributed by atoms with Gasteiger partial charge in [0.05, 0.1) is 5.76 Å². The number of allylic oxidation sites excluding steroid dienone is 3. The molecule has 2 aliphatic rings. The fraction of sp³-hybridized carbons (Fsp3) is 0.692. The van der Waals surface area contributed by atoms with E-state index in [4.69, 9.17) is 10.5 Å². The first-order valence-corrected chi connectivity index (χ1v) is 6.32. The normalized spacial score (nSPS) is 23.2. The second kappa shape index (κ2) is 5.39. The highest BCUT2D eigenvalue weighted by Crippen LogP contribution is 2.28. The Hall–Kier alpha value is -0.960. The van der Waals surface area contributed by atoms with Crippen molar-refractivity contribution in [1.29, 1.82) is 0 Å². The van der Waals surface area contributed by atoms with Crippen LogP contribution in [0.15, 0.2) is 23.8 Å². The van der Waals surface area contributed by atoms with Crippen LogP contribution in [-0.4, -0.2) is 13.1 Å². The Morgan fingerprint density at radius 3 is 2.62 bits per heavy atom. The summed E-state index contributed by atoms with van der Waals surface area (Å²) in [6, 6.07) is 0. The van der Waals surface area contributed by atoms with Crippen LogP contribution in [0.3, 0.4) is 0 Å². The number of hydrogen-bond acceptors (Lipinski definition) is 3. The number of ether oxygens (including phenoxy) is 1. The molecule has 0 atom stereocenters. The average molecular weight is 222 g/mol. The van der Waals surface area contributed by atoms with Gasteiger partial charge in [-0.2, -0.15) is 0 Å². The van der Waals surface area contributed by atoms with E-state index < -0.39 is 0 Å². The predicted molar refractivity (Wildman–Crippen MR) is 65.5 cm³/mol. The molecular weight excluding hydrogens is 200 g/mol. The maximum absolute atomic E-state index is 5.96. The molecule has 0 aromatic heterocycles. The summed E-state index contributed by atoms with van der Waals surface area (Å²) in [4.78, 5) is 0. The van der Waals surface area contributed by atoms with Gasteiger partial charge in [0.15, 0.2) is 0 Å². The highest BCUT2D eigenvalue weighted by Gasteiger charge is 2.20. The molecule has 0 unspecified atom stereocenters. The van der Waals surface area contributed by atoms with E-state index in [-0.39, 0.29) is 0 Å². The first kappa shape index (κ1) is 11.5. The Morgan fingerprint density at radius 1 is 1.25 bits per heavy atom. The molecule has 2 rings (SSSR count). The van der Waals surface area contributed by atoms with E-state index in [0.29, 0.717) is 5.92 Å². The smallest absolute Gasteiger partial charge is 0.122 e. The lowest BCUT2D eigenvalue weighted by Gasteiger charge is -2.26. The maximum atomic E-state index is 5.96. The van der Waals surface area contributed by atoms with Gasteiger partial charge >= 0.3 is 0 Å². The monoisotopic (exact) mass is 222 g/mol. The summed E-state index contributed by atoms with van der Waals surface area (Å²) in [7, 11) is 0. The van der Waals surface area contributed by atoms with Crippen LogP contribution in [0.5, 0.6) is 0 Å².